The van der Waals surface area contributed by atoms with Crippen LogP contribution in [0.3, 0.4) is 0 Å². The van der Waals surface area contributed by atoms with E-state index in [9.17, 15) is 60.0 Å². The number of benzene rings is 5. The van der Waals surface area contributed by atoms with Gasteiger partial charge in [0.15, 0.2) is 23.9 Å². The molecule has 7 aliphatic rings. The lowest BCUT2D eigenvalue weighted by Gasteiger charge is -2.44. The predicted octanol–water partition coefficient (Wildman–Crippen LogP) is 3.13. The number of halogens is 2. The highest BCUT2D eigenvalue weighted by molar-refractivity contribution is 6.32. The van der Waals surface area contributed by atoms with Gasteiger partial charge in [0.1, 0.15) is 83.4 Å². The molecule has 0 aromatic heterocycles. The van der Waals surface area contributed by atoms with Crippen LogP contribution >= 0.6 is 23.2 Å². The Morgan fingerprint density at radius 3 is 1.91 bits per heavy atom. The van der Waals surface area contributed by atoms with Crippen molar-refractivity contribution >= 4 is 64.6 Å². The Hall–Kier alpha value is -8.59. The van der Waals surface area contributed by atoms with Gasteiger partial charge in [0.05, 0.1) is 46.9 Å². The van der Waals surface area contributed by atoms with Crippen molar-refractivity contribution in [3.05, 3.63) is 117 Å². The minimum Gasteiger partial charge on any atom is -0.508 e. The SMILES string of the molecule is CCC1OC(Oc2c3cc4cc2Oc2ccc(cc2Cl)[C@@H](O)[C@@H](NC(=O)[C@@H](CC(C)C)NC)C(=O)N[C@@H](CC(N)=O)C(=O)N[C@H]4C(=O)N[C@H]2C(=O)N[C@H](C(=O)N[C@@H](C)c4cc(O)cc(O)c4-c4cc2ccc4O)[C@H](O)c2ccc(c(Cl)c2)O3)C(OC2CCC(O)C(C)O2)C(O)C1O. The number of hydrogen-bond donors (Lipinski definition) is 16. The van der Waals surface area contributed by atoms with Gasteiger partial charge in [0.25, 0.3) is 0 Å². The predicted molar refractivity (Wildman–Crippen MR) is 343 cm³/mol. The molecule has 0 radical (unpaired) electrons. The summed E-state index contributed by atoms with van der Waals surface area (Å²) in [4.78, 5) is 103. The number of ether oxygens (including phenoxy) is 6. The number of primary amides is 1. The first kappa shape index (κ1) is 71.2. The zero-order valence-corrected chi connectivity index (χ0v) is 54.7. The van der Waals surface area contributed by atoms with E-state index in [4.69, 9.17) is 57.4 Å². The molecule has 17 atom stereocenters. The first-order valence-electron chi connectivity index (χ1n) is 31.4. The van der Waals surface area contributed by atoms with E-state index in [-0.39, 0.29) is 92.1 Å². The number of carbonyl (C=O) groups excluding carboxylic acids is 7. The average Bonchev–Trinajstić information content (AvgIpc) is 0.774. The molecule has 7 amide bonds. The normalized spacial score (nSPS) is 28.7. The van der Waals surface area contributed by atoms with Gasteiger partial charge in [-0.05, 0) is 128 Å². The van der Waals surface area contributed by atoms with Gasteiger partial charge < -0.3 is 112 Å². The molecule has 97 heavy (non-hydrogen) atoms. The number of likely N-dealkylation sites (N-methyl/N-ethyl adjacent to an activating group) is 1. The van der Waals surface area contributed by atoms with Crippen LogP contribution in [-0.4, -0.2) is 163 Å². The number of aromatic hydroxyl groups is 3. The van der Waals surface area contributed by atoms with E-state index >= 15 is 14.4 Å². The molecule has 5 aromatic carbocycles. The third kappa shape index (κ3) is 15.4. The van der Waals surface area contributed by atoms with Crippen LogP contribution in [0, 0.1) is 5.92 Å². The summed E-state index contributed by atoms with van der Waals surface area (Å²) in [6, 6.07) is 3.00. The molecular weight excluding hydrogens is 1310 g/mol. The maximum atomic E-state index is 16.0. The van der Waals surface area contributed by atoms with E-state index in [1.54, 1.807) is 13.8 Å². The van der Waals surface area contributed by atoms with Gasteiger partial charge in [-0.3, -0.25) is 33.6 Å². The standard InChI is InChI=1S/C66H76Cl2N8O21/c1-7-42-56(84)57(85)59(96-48-15-12-39(78)27(5)92-48)66(95-42)97-58-45-20-31-21-46(58)94-44-14-10-30(19-36(44)68)55(83)53(75-60(86)37(70-6)16-25(2)3)65(91)72-38(24-47(69)81)61(87)73-51(31)63(89)74-50-28-8-11-40(79)34(17-28)49-33(22-32(77)23-41(49)80)26(4)71-64(90)52(76-62(50)88)54(82)29-9-13-43(93-45)35(67)18-29/h8-11,13-14,17-23,25-27,37-39,42,48,50-57,59,66,70,77-80,82-85H,7,12,15-16,24H2,1-6H3,(H2,69,81)(H,71,90)(H,72,91)(H,73,87)(H,74,89)(H,75,86)(H,76,88)/t26-,27?,37+,38-,39?,42?,48?,50+,51+,52-,53+,54+,55+,56?,57?,59?,66?/m0/s1. The van der Waals surface area contributed by atoms with Gasteiger partial charge >= 0.3 is 0 Å². The van der Waals surface area contributed by atoms with Crippen molar-refractivity contribution in [1.29, 1.82) is 0 Å². The lowest BCUT2D eigenvalue weighted by Crippen LogP contribution is -2.61. The molecule has 17 N–H and O–H groups in total. The summed E-state index contributed by atoms with van der Waals surface area (Å²) >= 11 is 14.2. The van der Waals surface area contributed by atoms with Crippen molar-refractivity contribution in [2.45, 2.75) is 170 Å². The monoisotopic (exact) mass is 1390 g/mol. The van der Waals surface area contributed by atoms with Crippen molar-refractivity contribution < 1.29 is 103 Å². The maximum absolute atomic E-state index is 16.0. The number of rotatable bonds is 12. The van der Waals surface area contributed by atoms with E-state index in [1.807, 2.05) is 13.8 Å². The quantitative estimate of drug-likeness (QED) is 0.0853. The molecule has 2 fully saturated rings. The smallest absolute Gasteiger partial charge is 0.248 e. The summed E-state index contributed by atoms with van der Waals surface area (Å²) < 4.78 is 38.9. The first-order chi connectivity index (χ1) is 46.0. The second-order valence-corrected chi connectivity index (χ2v) is 25.7. The topological polar surface area (TPSA) is 447 Å². The lowest BCUT2D eigenvalue weighted by molar-refractivity contribution is -0.326. The molecule has 0 spiro atoms. The molecule has 520 valence electrons. The molecule has 8 unspecified atom stereocenters. The summed E-state index contributed by atoms with van der Waals surface area (Å²) in [5.74, 6) is -11.8. The second-order valence-electron chi connectivity index (χ2n) is 24.9. The van der Waals surface area contributed by atoms with Crippen LogP contribution in [-0.2, 0) is 47.8 Å². The molecule has 0 saturated carbocycles. The fraction of sp³-hybridized carbons (Fsp3) is 0.439. The van der Waals surface area contributed by atoms with Crippen LogP contribution in [0.25, 0.3) is 11.1 Å². The number of hydrogen-bond acceptors (Lipinski definition) is 22. The molecule has 5 aromatic rings. The highest BCUT2D eigenvalue weighted by atomic mass is 35.5. The van der Waals surface area contributed by atoms with E-state index < -0.39 is 186 Å². The van der Waals surface area contributed by atoms with Gasteiger partial charge in [-0.15, -0.1) is 0 Å². The van der Waals surface area contributed by atoms with Gasteiger partial charge in [0.2, 0.25) is 53.4 Å². The van der Waals surface area contributed by atoms with Crippen LogP contribution in [0.2, 0.25) is 10.0 Å². The molecule has 12 rings (SSSR count). The number of aliphatic hydroxyl groups is 5. The van der Waals surface area contributed by atoms with Gasteiger partial charge in [-0.1, -0.05) is 62.2 Å². The molecule has 11 bridgehead atoms. The average molecular weight is 1390 g/mol. The van der Waals surface area contributed by atoms with Gasteiger partial charge in [0, 0.05) is 23.6 Å². The molecule has 7 aliphatic heterocycles. The van der Waals surface area contributed by atoms with Crippen molar-refractivity contribution in [2.75, 3.05) is 7.05 Å². The van der Waals surface area contributed by atoms with E-state index in [1.165, 1.54) is 68.6 Å². The maximum Gasteiger partial charge on any atom is 0.248 e. The Morgan fingerprint density at radius 2 is 1.30 bits per heavy atom. The van der Waals surface area contributed by atoms with E-state index in [0.717, 1.165) is 24.3 Å². The second kappa shape index (κ2) is 29.6. The Bertz CT molecular complexity index is 3870. The van der Waals surface area contributed by atoms with Crippen LogP contribution in [0.5, 0.6) is 46.0 Å². The molecular formula is C66H76Cl2N8O21. The Balaban J connectivity index is 1.23. The zero-order valence-electron chi connectivity index (χ0n) is 53.2. The van der Waals surface area contributed by atoms with E-state index in [0.29, 0.717) is 0 Å². The van der Waals surface area contributed by atoms with Crippen molar-refractivity contribution in [2.24, 2.45) is 11.7 Å². The lowest BCUT2D eigenvalue weighted by atomic mass is 9.90. The number of fused-ring (bicyclic) bond motifs is 15. The summed E-state index contributed by atoms with van der Waals surface area (Å²) in [7, 11) is 1.50. The fourth-order valence-electron chi connectivity index (χ4n) is 12.3. The zero-order chi connectivity index (χ0) is 70.2. The van der Waals surface area contributed by atoms with Gasteiger partial charge in [-0.25, -0.2) is 0 Å². The van der Waals surface area contributed by atoms with Crippen molar-refractivity contribution in [1.82, 2.24) is 37.2 Å². The number of aliphatic hydroxyl groups excluding tert-OH is 5. The Labute approximate surface area is 565 Å². The molecule has 29 nitrogen and oxygen atoms in total. The molecule has 0 aliphatic carbocycles. The molecule has 7 heterocycles. The number of nitrogens with one attached hydrogen (secondary N) is 7. The number of amides is 7. The van der Waals surface area contributed by atoms with Crippen LogP contribution in [0.4, 0.5) is 0 Å². The largest absolute Gasteiger partial charge is 0.508 e. The molecule has 31 heteroatoms. The first-order valence-corrected chi connectivity index (χ1v) is 32.1. The number of phenols is 3. The summed E-state index contributed by atoms with van der Waals surface area (Å²) in [6.45, 7) is 8.41. The Morgan fingerprint density at radius 1 is 0.680 bits per heavy atom. The highest BCUT2D eigenvalue weighted by Gasteiger charge is 2.49. The number of carbonyl (C=O) groups is 7. The van der Waals surface area contributed by atoms with Crippen LogP contribution in [0.1, 0.15) is 125 Å². The summed E-state index contributed by atoms with van der Waals surface area (Å²) in [5.41, 5.74) is 4.67. The fourth-order valence-corrected chi connectivity index (χ4v) is 12.7. The van der Waals surface area contributed by atoms with Crippen LogP contribution < -0.4 is 57.2 Å². The third-order valence-corrected chi connectivity index (χ3v) is 18.1. The third-order valence-electron chi connectivity index (χ3n) is 17.5. The molecule has 2 saturated heterocycles. The van der Waals surface area contributed by atoms with Gasteiger partial charge in [-0.2, -0.15) is 0 Å². The van der Waals surface area contributed by atoms with Crippen LogP contribution in [0.15, 0.2) is 78.9 Å². The number of phenolic OH excluding ortho intramolecular Hbond substituents is 3. The summed E-state index contributed by atoms with van der Waals surface area (Å²) in [6.07, 6.45) is -15.1. The Kier molecular flexibility index (Phi) is 21.7. The highest BCUT2D eigenvalue weighted by Crippen LogP contribution is 2.50. The van der Waals surface area contributed by atoms with Crippen molar-refractivity contribution in [3.63, 3.8) is 0 Å². The minimum atomic E-state index is -2.23. The van der Waals surface area contributed by atoms with Crippen molar-refractivity contribution in [3.8, 4) is 57.1 Å². The minimum absolute atomic E-state index is 0.0257. The summed E-state index contributed by atoms with van der Waals surface area (Å²) in [5, 5.41) is 110. The van der Waals surface area contributed by atoms with E-state index in [2.05, 4.69) is 37.2 Å². The number of nitrogens with two attached hydrogens (primary N) is 1.